The summed E-state index contributed by atoms with van der Waals surface area (Å²) in [6.45, 7) is 2.08. The number of hydrogen-bond acceptors (Lipinski definition) is 3. The van der Waals surface area contributed by atoms with E-state index >= 15 is 0 Å². The fourth-order valence-electron chi connectivity index (χ4n) is 1.91. The lowest BCUT2D eigenvalue weighted by molar-refractivity contribution is -0.598. The summed E-state index contributed by atoms with van der Waals surface area (Å²) in [5.74, 6) is 2.51. The van der Waals surface area contributed by atoms with Crippen LogP contribution in [-0.2, 0) is 0 Å². The van der Waals surface area contributed by atoms with E-state index < -0.39 is 0 Å². The van der Waals surface area contributed by atoms with Crippen molar-refractivity contribution in [2.24, 2.45) is 0 Å². The number of hydrogen-bond donors (Lipinski definition) is 0. The van der Waals surface area contributed by atoms with Gasteiger partial charge in [-0.05, 0) is 43.3 Å². The highest BCUT2D eigenvalue weighted by Gasteiger charge is 2.22. The first-order chi connectivity index (χ1) is 9.69. The molecule has 2 aromatic rings. The molecule has 2 rings (SSSR count). The summed E-state index contributed by atoms with van der Waals surface area (Å²) in [5.41, 5.74) is 1.16. The zero-order valence-corrected chi connectivity index (χ0v) is 14.6. The van der Waals surface area contributed by atoms with Gasteiger partial charge in [-0.1, -0.05) is 0 Å². The second kappa shape index (κ2) is 8.07. The third kappa shape index (κ3) is 4.00. The van der Waals surface area contributed by atoms with E-state index in [0.717, 1.165) is 22.8 Å². The third-order valence-electron chi connectivity index (χ3n) is 2.99. The molecule has 0 unspecified atom stereocenters. The van der Waals surface area contributed by atoms with Crippen LogP contribution in [-0.4, -0.2) is 21.3 Å². The molecule has 0 radical (unpaired) electrons. The fourth-order valence-corrected chi connectivity index (χ4v) is 4.31. The standard InChI is InChI=1S/C16H18IO3.FH/c1-11-14(9-10-15(19-3)16(11)20-4)17-12-5-7-13(18-2)8-6-12;/h5-10H,1-4H3;1H/q+1;/p-1. The normalized spacial score (nSPS) is 9.71. The second-order valence-electron chi connectivity index (χ2n) is 4.16. The molecule has 2 aromatic carbocycles. The quantitative estimate of drug-likeness (QED) is 0.503. The maximum absolute atomic E-state index is 5.45. The van der Waals surface area contributed by atoms with Gasteiger partial charge in [-0.15, -0.1) is 0 Å². The van der Waals surface area contributed by atoms with Gasteiger partial charge in [0, 0.05) is 5.56 Å². The van der Waals surface area contributed by atoms with Gasteiger partial charge in [-0.2, -0.15) is 0 Å². The van der Waals surface area contributed by atoms with Gasteiger partial charge < -0.3 is 18.9 Å². The van der Waals surface area contributed by atoms with Crippen molar-refractivity contribution >= 4 is 0 Å². The van der Waals surface area contributed by atoms with E-state index in [-0.39, 0.29) is 25.9 Å². The summed E-state index contributed by atoms with van der Waals surface area (Å²) < 4.78 is 18.6. The number of ether oxygens (including phenoxy) is 3. The van der Waals surface area contributed by atoms with Gasteiger partial charge in [-0.3, -0.25) is 0 Å². The van der Waals surface area contributed by atoms with Crippen LogP contribution in [0.1, 0.15) is 5.56 Å². The maximum atomic E-state index is 5.45. The van der Waals surface area contributed by atoms with Crippen LogP contribution in [0, 0.1) is 14.1 Å². The van der Waals surface area contributed by atoms with Gasteiger partial charge in [0.2, 0.25) is 3.57 Å². The first-order valence-electron chi connectivity index (χ1n) is 6.20. The molecule has 0 aliphatic heterocycles. The summed E-state index contributed by atoms with van der Waals surface area (Å²) in [5, 5.41) is 0. The Balaban J connectivity index is 0.00000220. The number of benzene rings is 2. The van der Waals surface area contributed by atoms with E-state index in [0.29, 0.717) is 0 Å². The van der Waals surface area contributed by atoms with Gasteiger partial charge in [0.25, 0.3) is 0 Å². The minimum atomic E-state index is -0.243. The average molecular weight is 404 g/mol. The predicted octanol–water partition coefficient (Wildman–Crippen LogP) is -2.85. The minimum Gasteiger partial charge on any atom is -1.00 e. The Labute approximate surface area is 134 Å². The van der Waals surface area contributed by atoms with Crippen LogP contribution < -0.4 is 40.1 Å². The number of methoxy groups -OCH3 is 3. The van der Waals surface area contributed by atoms with Crippen molar-refractivity contribution in [3.8, 4) is 17.2 Å². The molecule has 0 heterocycles. The second-order valence-corrected chi connectivity index (χ2v) is 7.11. The molecule has 0 aliphatic rings. The van der Waals surface area contributed by atoms with Gasteiger partial charge in [0.15, 0.2) is 15.1 Å². The average Bonchev–Trinajstić information content (AvgIpc) is 2.49. The molecule has 0 aliphatic carbocycles. The summed E-state index contributed by atoms with van der Waals surface area (Å²) in [4.78, 5) is 0. The van der Waals surface area contributed by atoms with Crippen LogP contribution in [0.15, 0.2) is 36.4 Å². The zero-order chi connectivity index (χ0) is 14.5. The summed E-state index contributed by atoms with van der Waals surface area (Å²) in [6, 6.07) is 12.4. The van der Waals surface area contributed by atoms with Crippen molar-refractivity contribution in [2.45, 2.75) is 6.92 Å². The highest BCUT2D eigenvalue weighted by Crippen LogP contribution is 2.29. The smallest absolute Gasteiger partial charge is 0.358 e. The van der Waals surface area contributed by atoms with Crippen LogP contribution in [0.5, 0.6) is 17.2 Å². The molecule has 5 heteroatoms. The Kier molecular flexibility index (Phi) is 6.74. The molecule has 0 spiro atoms. The summed E-state index contributed by atoms with van der Waals surface area (Å²) in [7, 11) is 5.03. The monoisotopic (exact) mass is 404 g/mol. The van der Waals surface area contributed by atoms with Crippen molar-refractivity contribution in [3.63, 3.8) is 0 Å². The maximum Gasteiger partial charge on any atom is 0.358 e. The molecule has 0 bridgehead atoms. The lowest BCUT2D eigenvalue weighted by Gasteiger charge is -2.09. The van der Waals surface area contributed by atoms with E-state index in [1.807, 2.05) is 18.2 Å². The highest BCUT2D eigenvalue weighted by atomic mass is 127. The molecule has 21 heavy (non-hydrogen) atoms. The molecular formula is C16H18FIO3. The Hall–Kier alpha value is -1.50. The molecule has 0 atom stereocenters. The highest BCUT2D eigenvalue weighted by molar-refractivity contribution is 5.45. The van der Waals surface area contributed by atoms with Crippen molar-refractivity contribution < 1.29 is 40.1 Å². The Morgan fingerprint density at radius 3 is 2.00 bits per heavy atom. The lowest BCUT2D eigenvalue weighted by Crippen LogP contribution is -3.61. The molecule has 0 amide bonds. The third-order valence-corrected chi connectivity index (χ3v) is 6.08. The Morgan fingerprint density at radius 2 is 1.48 bits per heavy atom. The van der Waals surface area contributed by atoms with Gasteiger partial charge in [0.05, 0.1) is 21.3 Å². The first kappa shape index (κ1) is 17.6. The summed E-state index contributed by atoms with van der Waals surface area (Å²) >= 11 is -0.243. The molecule has 3 nitrogen and oxygen atoms in total. The van der Waals surface area contributed by atoms with E-state index in [2.05, 4.69) is 25.1 Å². The molecular weight excluding hydrogens is 386 g/mol. The fraction of sp³-hybridized carbons (Fsp3) is 0.250. The van der Waals surface area contributed by atoms with Crippen LogP contribution in [0.3, 0.4) is 0 Å². The zero-order valence-electron chi connectivity index (χ0n) is 12.4. The Bertz CT molecular complexity index is 585. The van der Waals surface area contributed by atoms with E-state index in [4.69, 9.17) is 14.2 Å². The Morgan fingerprint density at radius 1 is 0.810 bits per heavy atom. The van der Waals surface area contributed by atoms with Crippen molar-refractivity contribution in [2.75, 3.05) is 21.3 Å². The van der Waals surface area contributed by atoms with Crippen LogP contribution in [0.25, 0.3) is 0 Å². The molecule has 0 N–H and O–H groups in total. The van der Waals surface area contributed by atoms with Crippen LogP contribution >= 0.6 is 0 Å². The van der Waals surface area contributed by atoms with Gasteiger partial charge in [-0.25, -0.2) is 0 Å². The molecule has 0 fully saturated rings. The van der Waals surface area contributed by atoms with Crippen molar-refractivity contribution in [1.29, 1.82) is 0 Å². The number of halogens is 2. The molecule has 0 saturated carbocycles. The predicted molar refractivity (Wildman–Crippen MR) is 74.7 cm³/mol. The van der Waals surface area contributed by atoms with Crippen molar-refractivity contribution in [1.82, 2.24) is 0 Å². The topological polar surface area (TPSA) is 27.7 Å². The van der Waals surface area contributed by atoms with Gasteiger partial charge in [0.1, 0.15) is 5.75 Å². The van der Waals surface area contributed by atoms with Crippen molar-refractivity contribution in [3.05, 3.63) is 49.1 Å². The molecule has 0 saturated heterocycles. The van der Waals surface area contributed by atoms with Gasteiger partial charge >= 0.3 is 21.2 Å². The van der Waals surface area contributed by atoms with E-state index in [1.54, 1.807) is 21.3 Å². The van der Waals surface area contributed by atoms with Crippen LogP contribution in [0.2, 0.25) is 0 Å². The molecule has 114 valence electrons. The summed E-state index contributed by atoms with van der Waals surface area (Å²) in [6.07, 6.45) is 0. The lowest BCUT2D eigenvalue weighted by atomic mass is 10.2. The SMILES string of the molecule is COc1ccc([I+]c2ccc(OC)c(OC)c2C)cc1.[F-]. The largest absolute Gasteiger partial charge is 1.00 e. The minimum absolute atomic E-state index is 0. The van der Waals surface area contributed by atoms with Crippen LogP contribution in [0.4, 0.5) is 0 Å². The first-order valence-corrected chi connectivity index (χ1v) is 8.35. The number of rotatable bonds is 5. The van der Waals surface area contributed by atoms with E-state index in [9.17, 15) is 0 Å². The molecule has 0 aromatic heterocycles. The van der Waals surface area contributed by atoms with E-state index in [1.165, 1.54) is 7.14 Å².